The molecule has 1 aromatic heterocycles. The Hall–Kier alpha value is -2.16. The van der Waals surface area contributed by atoms with Gasteiger partial charge < -0.3 is 9.52 Å². The molecule has 2 aromatic rings. The van der Waals surface area contributed by atoms with Crippen LogP contribution in [0.2, 0.25) is 5.02 Å². The Morgan fingerprint density at radius 2 is 1.96 bits per heavy atom. The molecule has 6 nitrogen and oxygen atoms in total. The molecule has 134 valence electrons. The smallest absolute Gasteiger partial charge is 0.326 e. The molecule has 2 heterocycles. The third-order valence-electron chi connectivity index (χ3n) is 3.48. The molecule has 0 saturated carbocycles. The predicted octanol–water partition coefficient (Wildman–Crippen LogP) is 4.59. The number of carbonyl (C=O) groups excluding carboxylic acids is 2. The van der Waals surface area contributed by atoms with Gasteiger partial charge in [-0.1, -0.05) is 23.4 Å². The summed E-state index contributed by atoms with van der Waals surface area (Å²) in [5.41, 5.74) is 0. The van der Waals surface area contributed by atoms with Gasteiger partial charge in [-0.25, -0.2) is 4.79 Å². The van der Waals surface area contributed by atoms with E-state index in [1.165, 1.54) is 24.8 Å². The molecule has 0 aliphatic carbocycles. The topological polar surface area (TPSA) is 87.8 Å². The number of hydrogen-bond acceptors (Lipinski definition) is 6. The molecule has 9 heteroatoms. The lowest BCUT2D eigenvalue weighted by molar-refractivity contribution is -0.145. The monoisotopic (exact) mass is 409 g/mol. The van der Waals surface area contributed by atoms with Gasteiger partial charge in [0.25, 0.3) is 11.1 Å². The fraction of sp³-hybridized carbons (Fsp3) is 0.118. The minimum absolute atomic E-state index is 0.125. The van der Waals surface area contributed by atoms with Crippen LogP contribution in [0, 0.1) is 0 Å². The average Bonchev–Trinajstić information content (AvgIpc) is 3.14. The van der Waals surface area contributed by atoms with Gasteiger partial charge in [0.1, 0.15) is 11.8 Å². The predicted molar refractivity (Wildman–Crippen MR) is 99.2 cm³/mol. The van der Waals surface area contributed by atoms with Crippen LogP contribution in [-0.4, -0.2) is 33.2 Å². The highest BCUT2D eigenvalue weighted by molar-refractivity contribution is 8.18. The van der Waals surface area contributed by atoms with Crippen LogP contribution in [0.5, 0.6) is 0 Å². The number of carbonyl (C=O) groups is 3. The van der Waals surface area contributed by atoms with Gasteiger partial charge in [0.15, 0.2) is 5.09 Å². The number of thioether (sulfide) groups is 1. The molecule has 0 bridgehead atoms. The number of amides is 2. The van der Waals surface area contributed by atoms with Crippen molar-refractivity contribution in [1.29, 1.82) is 0 Å². The summed E-state index contributed by atoms with van der Waals surface area (Å²) in [6, 6.07) is 9.45. The minimum Gasteiger partial charge on any atom is -0.480 e. The normalized spacial score (nSPS) is 17.2. The largest absolute Gasteiger partial charge is 0.480 e. The molecule has 1 aliphatic heterocycles. The number of halogens is 1. The van der Waals surface area contributed by atoms with Gasteiger partial charge in [-0.05, 0) is 55.1 Å². The average molecular weight is 410 g/mol. The highest BCUT2D eigenvalue weighted by Crippen LogP contribution is 2.35. The molecule has 0 spiro atoms. The first-order valence-corrected chi connectivity index (χ1v) is 9.39. The Labute approximate surface area is 162 Å². The molecular formula is C17H12ClNO5S2. The second-order valence-corrected chi connectivity index (χ2v) is 7.79. The van der Waals surface area contributed by atoms with Crippen molar-refractivity contribution >= 4 is 58.3 Å². The van der Waals surface area contributed by atoms with Crippen LogP contribution in [-0.2, 0) is 9.59 Å². The zero-order valence-corrected chi connectivity index (χ0v) is 15.7. The Morgan fingerprint density at radius 3 is 2.62 bits per heavy atom. The van der Waals surface area contributed by atoms with E-state index in [0.29, 0.717) is 27.6 Å². The summed E-state index contributed by atoms with van der Waals surface area (Å²) in [5, 5.41) is 9.65. The number of benzene rings is 1. The van der Waals surface area contributed by atoms with Crippen LogP contribution in [0.3, 0.4) is 0 Å². The van der Waals surface area contributed by atoms with Gasteiger partial charge >= 0.3 is 5.97 Å². The molecule has 1 atom stereocenters. The molecule has 1 fully saturated rings. The van der Waals surface area contributed by atoms with E-state index in [-0.39, 0.29) is 4.91 Å². The lowest BCUT2D eigenvalue weighted by Gasteiger charge is -2.16. The second kappa shape index (κ2) is 7.61. The molecule has 1 saturated heterocycles. The summed E-state index contributed by atoms with van der Waals surface area (Å²) in [7, 11) is 0. The standard InChI is InChI=1S/C17H12ClNO5S2/c1-9(16(21)22)19-15(20)13(26-17(19)23)8-11-4-7-14(24-11)25-12-5-2-10(18)3-6-12/h2-9H,1H3,(H,21,22)/b13-8+/t9-/m1/s1. The molecule has 2 amide bonds. The Morgan fingerprint density at radius 1 is 1.27 bits per heavy atom. The molecular weight excluding hydrogens is 398 g/mol. The summed E-state index contributed by atoms with van der Waals surface area (Å²) in [6.07, 6.45) is 1.44. The van der Waals surface area contributed by atoms with E-state index in [9.17, 15) is 14.4 Å². The quantitative estimate of drug-likeness (QED) is 0.722. The SMILES string of the molecule is C[C@H](C(=O)O)N1C(=O)S/C(=C/c2ccc(Sc3ccc(Cl)cc3)o2)C1=O. The number of imide groups is 1. The van der Waals surface area contributed by atoms with E-state index in [0.717, 1.165) is 9.80 Å². The summed E-state index contributed by atoms with van der Waals surface area (Å²) in [5.74, 6) is -1.48. The van der Waals surface area contributed by atoms with Crippen LogP contribution < -0.4 is 0 Å². The van der Waals surface area contributed by atoms with Gasteiger partial charge in [0.2, 0.25) is 0 Å². The maximum Gasteiger partial charge on any atom is 0.326 e. The van der Waals surface area contributed by atoms with Crippen molar-refractivity contribution in [3.63, 3.8) is 0 Å². The fourth-order valence-corrected chi connectivity index (χ4v) is 3.93. The van der Waals surface area contributed by atoms with Crippen molar-refractivity contribution in [3.05, 3.63) is 52.1 Å². The lowest BCUT2D eigenvalue weighted by Crippen LogP contribution is -2.41. The maximum absolute atomic E-state index is 12.3. The number of hydrogen-bond donors (Lipinski definition) is 1. The minimum atomic E-state index is -1.24. The third-order valence-corrected chi connectivity index (χ3v) is 5.54. The number of carboxylic acids is 1. The van der Waals surface area contributed by atoms with Crippen LogP contribution in [0.25, 0.3) is 6.08 Å². The number of carboxylic acid groups (broad SMARTS) is 1. The van der Waals surface area contributed by atoms with E-state index in [2.05, 4.69) is 0 Å². The number of aliphatic carboxylic acids is 1. The van der Waals surface area contributed by atoms with Crippen LogP contribution in [0.1, 0.15) is 12.7 Å². The first kappa shape index (κ1) is 18.6. The summed E-state index contributed by atoms with van der Waals surface area (Å²) >= 11 is 7.93. The van der Waals surface area contributed by atoms with Crippen molar-refractivity contribution < 1.29 is 23.9 Å². The van der Waals surface area contributed by atoms with Crippen molar-refractivity contribution in [2.45, 2.75) is 23.0 Å². The molecule has 26 heavy (non-hydrogen) atoms. The second-order valence-electron chi connectivity index (χ2n) is 5.28. The lowest BCUT2D eigenvalue weighted by atomic mass is 10.3. The molecule has 1 N–H and O–H groups in total. The summed E-state index contributed by atoms with van der Waals surface area (Å²) in [6.45, 7) is 1.29. The van der Waals surface area contributed by atoms with Crippen molar-refractivity contribution in [2.24, 2.45) is 0 Å². The number of rotatable bonds is 5. The van der Waals surface area contributed by atoms with Gasteiger partial charge in [0.05, 0.1) is 4.91 Å². The van der Waals surface area contributed by atoms with Crippen molar-refractivity contribution in [1.82, 2.24) is 4.90 Å². The Bertz CT molecular complexity index is 906. The van der Waals surface area contributed by atoms with E-state index < -0.39 is 23.2 Å². The van der Waals surface area contributed by atoms with Crippen LogP contribution in [0.4, 0.5) is 4.79 Å². The maximum atomic E-state index is 12.3. The van der Waals surface area contributed by atoms with Crippen molar-refractivity contribution in [3.8, 4) is 0 Å². The number of furan rings is 1. The van der Waals surface area contributed by atoms with Crippen LogP contribution >= 0.6 is 35.1 Å². The molecule has 0 unspecified atom stereocenters. The fourth-order valence-electron chi connectivity index (χ4n) is 2.14. The highest BCUT2D eigenvalue weighted by Gasteiger charge is 2.40. The first-order valence-electron chi connectivity index (χ1n) is 7.38. The Balaban J connectivity index is 1.75. The third kappa shape index (κ3) is 3.98. The zero-order valence-electron chi connectivity index (χ0n) is 13.3. The van der Waals surface area contributed by atoms with Crippen molar-refractivity contribution in [2.75, 3.05) is 0 Å². The first-order chi connectivity index (χ1) is 12.3. The van der Waals surface area contributed by atoms with E-state index in [1.54, 1.807) is 24.3 Å². The molecule has 1 aliphatic rings. The van der Waals surface area contributed by atoms with E-state index in [1.807, 2.05) is 12.1 Å². The van der Waals surface area contributed by atoms with Gasteiger partial charge in [-0.2, -0.15) is 0 Å². The van der Waals surface area contributed by atoms with Gasteiger partial charge in [-0.3, -0.25) is 14.5 Å². The van der Waals surface area contributed by atoms with Gasteiger partial charge in [-0.15, -0.1) is 0 Å². The zero-order chi connectivity index (χ0) is 18.8. The van der Waals surface area contributed by atoms with E-state index in [4.69, 9.17) is 21.1 Å². The highest BCUT2D eigenvalue weighted by atomic mass is 35.5. The number of nitrogens with zero attached hydrogens (tertiary/aromatic N) is 1. The molecule has 0 radical (unpaired) electrons. The van der Waals surface area contributed by atoms with Crippen LogP contribution in [0.15, 0.2) is 55.7 Å². The Kier molecular flexibility index (Phi) is 5.45. The van der Waals surface area contributed by atoms with Gasteiger partial charge in [0, 0.05) is 16.0 Å². The molecule has 3 rings (SSSR count). The molecule has 1 aromatic carbocycles. The summed E-state index contributed by atoms with van der Waals surface area (Å²) in [4.78, 5) is 37.0. The summed E-state index contributed by atoms with van der Waals surface area (Å²) < 4.78 is 5.65. The van der Waals surface area contributed by atoms with E-state index >= 15 is 0 Å².